The number of fused-ring (bicyclic) bond motifs is 1. The molecule has 42 heavy (non-hydrogen) atoms. The minimum absolute atomic E-state index is 0.00341. The quantitative estimate of drug-likeness (QED) is 0.251. The molecule has 9 nitrogen and oxygen atoms in total. The second-order valence-corrected chi connectivity index (χ2v) is 11.4. The zero-order valence-corrected chi connectivity index (χ0v) is 24.4. The molecule has 0 spiro atoms. The van der Waals surface area contributed by atoms with Crippen molar-refractivity contribution in [3.63, 3.8) is 0 Å². The number of carbonyl (C=O) groups excluding carboxylic acids is 3. The number of nitrogens with one attached hydrogen (secondary N) is 2. The van der Waals surface area contributed by atoms with Crippen molar-refractivity contribution in [1.29, 1.82) is 0 Å². The Bertz CT molecular complexity index is 1510. The van der Waals surface area contributed by atoms with E-state index in [1.54, 1.807) is 32.5 Å². The SMILES string of the molecule is CNC(=O)CN1CCCC(COc2cc3nccc(Cc4ccc(NC(=O)C5(C(=O)Cl)CC5)cc4F)c3cc2OC)C1. The van der Waals surface area contributed by atoms with Gasteiger partial charge in [0.15, 0.2) is 11.5 Å². The highest BCUT2D eigenvalue weighted by atomic mass is 35.5. The molecule has 0 radical (unpaired) electrons. The number of pyridine rings is 1. The van der Waals surface area contributed by atoms with Gasteiger partial charge >= 0.3 is 0 Å². The van der Waals surface area contributed by atoms with Gasteiger partial charge in [-0.2, -0.15) is 0 Å². The van der Waals surface area contributed by atoms with Crippen molar-refractivity contribution >= 4 is 45.2 Å². The Kier molecular flexibility index (Phi) is 8.93. The van der Waals surface area contributed by atoms with Crippen LogP contribution in [0.2, 0.25) is 0 Å². The second kappa shape index (κ2) is 12.6. The predicted octanol–water partition coefficient (Wildman–Crippen LogP) is 4.29. The molecule has 2 aliphatic rings. The summed E-state index contributed by atoms with van der Waals surface area (Å²) in [5.41, 5.74) is 1.05. The molecule has 1 saturated heterocycles. The monoisotopic (exact) mass is 596 g/mol. The van der Waals surface area contributed by atoms with Gasteiger partial charge in [0.1, 0.15) is 11.2 Å². The Labute approximate surface area is 248 Å². The van der Waals surface area contributed by atoms with Crippen molar-refractivity contribution in [3.05, 3.63) is 59.5 Å². The third-order valence-corrected chi connectivity index (χ3v) is 8.46. The lowest BCUT2D eigenvalue weighted by Crippen LogP contribution is -2.43. The molecular weight excluding hydrogens is 563 g/mol. The van der Waals surface area contributed by atoms with E-state index in [1.807, 2.05) is 18.2 Å². The third kappa shape index (κ3) is 6.50. The van der Waals surface area contributed by atoms with Crippen LogP contribution in [0.15, 0.2) is 42.6 Å². The zero-order valence-electron chi connectivity index (χ0n) is 23.7. The maximum absolute atomic E-state index is 15.1. The third-order valence-electron chi connectivity index (χ3n) is 8.09. The summed E-state index contributed by atoms with van der Waals surface area (Å²) in [5.74, 6) is 0.423. The van der Waals surface area contributed by atoms with Gasteiger partial charge in [0.25, 0.3) is 0 Å². The molecule has 1 atom stereocenters. The number of methoxy groups -OCH3 is 1. The standard InChI is InChI=1S/C31H34ClFN4O5/c1-34-28(38)17-37-11-3-4-19(16-37)18-42-27-15-25-23(14-26(27)41-2)20(7-10-35-25)12-21-5-6-22(13-24(21)33)36-30(40)31(8-9-31)29(32)39/h5-7,10,13-15,19H,3-4,8-9,11-12,16-18H2,1-2H3,(H,34,38)(H,36,40). The summed E-state index contributed by atoms with van der Waals surface area (Å²) >= 11 is 5.59. The molecule has 2 aromatic carbocycles. The smallest absolute Gasteiger partial charge is 0.239 e. The van der Waals surface area contributed by atoms with E-state index in [0.29, 0.717) is 48.6 Å². The number of piperidine rings is 1. The van der Waals surface area contributed by atoms with E-state index in [1.165, 1.54) is 6.07 Å². The summed E-state index contributed by atoms with van der Waals surface area (Å²) in [5, 5.41) is 5.41. The molecule has 2 heterocycles. The highest BCUT2D eigenvalue weighted by molar-refractivity contribution is 6.67. The summed E-state index contributed by atoms with van der Waals surface area (Å²) in [6.07, 6.45) is 4.77. The van der Waals surface area contributed by atoms with Crippen LogP contribution in [-0.2, 0) is 20.8 Å². The first-order valence-electron chi connectivity index (χ1n) is 14.0. The Hall–Kier alpha value is -3.76. The van der Waals surface area contributed by atoms with Gasteiger partial charge in [-0.1, -0.05) is 6.07 Å². The van der Waals surface area contributed by atoms with Crippen molar-refractivity contribution in [2.45, 2.75) is 32.1 Å². The van der Waals surface area contributed by atoms with E-state index < -0.39 is 22.4 Å². The normalized spacial score (nSPS) is 17.9. The number of rotatable bonds is 11. The number of nitrogens with zero attached hydrogens (tertiary/aromatic N) is 2. The molecule has 1 aliphatic heterocycles. The lowest BCUT2D eigenvalue weighted by molar-refractivity contribution is -0.128. The number of hydrogen-bond acceptors (Lipinski definition) is 7. The largest absolute Gasteiger partial charge is 0.493 e. The van der Waals surface area contributed by atoms with Crippen LogP contribution in [0.1, 0.15) is 36.8 Å². The fourth-order valence-electron chi connectivity index (χ4n) is 5.42. The maximum atomic E-state index is 15.1. The minimum atomic E-state index is -1.20. The van der Waals surface area contributed by atoms with Crippen LogP contribution in [-0.4, -0.2) is 67.3 Å². The number of amides is 2. The van der Waals surface area contributed by atoms with Gasteiger partial charge < -0.3 is 20.1 Å². The molecule has 2 fully saturated rings. The molecule has 2 amide bonds. The summed E-state index contributed by atoms with van der Waals surface area (Å²) in [6.45, 7) is 2.54. The highest BCUT2D eigenvalue weighted by Gasteiger charge is 2.55. The number of halogens is 2. The topological polar surface area (TPSA) is 110 Å². The van der Waals surface area contributed by atoms with Crippen LogP contribution in [0.3, 0.4) is 0 Å². The Morgan fingerprint density at radius 2 is 1.95 bits per heavy atom. The van der Waals surface area contributed by atoms with Crippen molar-refractivity contribution in [3.8, 4) is 11.5 Å². The van der Waals surface area contributed by atoms with Crippen molar-refractivity contribution in [2.24, 2.45) is 11.3 Å². The van der Waals surface area contributed by atoms with Gasteiger partial charge in [-0.25, -0.2) is 4.39 Å². The minimum Gasteiger partial charge on any atom is -0.493 e. The number of benzene rings is 2. The highest BCUT2D eigenvalue weighted by Crippen LogP contribution is 2.48. The molecule has 1 aliphatic carbocycles. The van der Waals surface area contributed by atoms with E-state index in [4.69, 9.17) is 21.1 Å². The maximum Gasteiger partial charge on any atom is 0.239 e. The average Bonchev–Trinajstić information content (AvgIpc) is 3.80. The fourth-order valence-corrected chi connectivity index (χ4v) is 5.69. The molecule has 11 heteroatoms. The lowest BCUT2D eigenvalue weighted by Gasteiger charge is -2.32. The molecular formula is C31H34ClFN4O5. The van der Waals surface area contributed by atoms with Gasteiger partial charge in [0.05, 0.1) is 25.8 Å². The van der Waals surface area contributed by atoms with Gasteiger partial charge in [0, 0.05) is 49.3 Å². The molecule has 5 rings (SSSR count). The fraction of sp³-hybridized carbons (Fsp3) is 0.419. The zero-order chi connectivity index (χ0) is 29.9. The number of hydrogen-bond donors (Lipinski definition) is 2. The average molecular weight is 597 g/mol. The van der Waals surface area contributed by atoms with E-state index >= 15 is 4.39 Å². The number of likely N-dealkylation sites (N-methyl/N-ethyl adjacent to an activating group) is 1. The van der Waals surface area contributed by atoms with Crippen LogP contribution in [0.25, 0.3) is 10.9 Å². The van der Waals surface area contributed by atoms with Gasteiger partial charge in [-0.05, 0) is 79.2 Å². The molecule has 0 bridgehead atoms. The van der Waals surface area contributed by atoms with Gasteiger partial charge in [0.2, 0.25) is 17.1 Å². The van der Waals surface area contributed by atoms with Crippen LogP contribution in [0, 0.1) is 17.2 Å². The van der Waals surface area contributed by atoms with Crippen LogP contribution < -0.4 is 20.1 Å². The molecule has 3 aromatic rings. The first kappa shape index (κ1) is 29.7. The Morgan fingerprint density at radius 3 is 2.64 bits per heavy atom. The number of likely N-dealkylation sites (tertiary alicyclic amines) is 1. The molecule has 1 unspecified atom stereocenters. The van der Waals surface area contributed by atoms with Crippen LogP contribution >= 0.6 is 11.6 Å². The molecule has 1 aromatic heterocycles. The first-order valence-corrected chi connectivity index (χ1v) is 14.4. The number of aromatic nitrogens is 1. The van der Waals surface area contributed by atoms with Gasteiger partial charge in [-0.3, -0.25) is 24.3 Å². The summed E-state index contributed by atoms with van der Waals surface area (Å²) < 4.78 is 27.0. The summed E-state index contributed by atoms with van der Waals surface area (Å²) in [4.78, 5) is 42.5. The summed E-state index contributed by atoms with van der Waals surface area (Å²) in [7, 11) is 3.22. The Balaban J connectivity index is 1.28. The second-order valence-electron chi connectivity index (χ2n) is 11.0. The first-order chi connectivity index (χ1) is 20.2. The van der Waals surface area contributed by atoms with E-state index in [2.05, 4.69) is 20.5 Å². The van der Waals surface area contributed by atoms with Crippen LogP contribution in [0.4, 0.5) is 10.1 Å². The number of anilines is 1. The molecule has 1 saturated carbocycles. The van der Waals surface area contributed by atoms with E-state index in [0.717, 1.165) is 36.9 Å². The van der Waals surface area contributed by atoms with Crippen molar-refractivity contribution < 1.29 is 28.2 Å². The molecule has 2 N–H and O–H groups in total. The van der Waals surface area contributed by atoms with E-state index in [-0.39, 0.29) is 23.9 Å². The van der Waals surface area contributed by atoms with Crippen LogP contribution in [0.5, 0.6) is 11.5 Å². The number of ether oxygens (including phenoxy) is 2. The number of carbonyl (C=O) groups is 3. The Morgan fingerprint density at radius 1 is 1.14 bits per heavy atom. The van der Waals surface area contributed by atoms with Crippen molar-refractivity contribution in [1.82, 2.24) is 15.2 Å². The summed E-state index contributed by atoms with van der Waals surface area (Å²) in [6, 6.07) is 10.0. The van der Waals surface area contributed by atoms with Gasteiger partial charge in [-0.15, -0.1) is 0 Å². The lowest BCUT2D eigenvalue weighted by atomic mass is 9.98. The van der Waals surface area contributed by atoms with Crippen molar-refractivity contribution in [2.75, 3.05) is 45.7 Å². The predicted molar refractivity (Wildman–Crippen MR) is 157 cm³/mol. The van der Waals surface area contributed by atoms with E-state index in [9.17, 15) is 14.4 Å². The molecule has 222 valence electrons.